The number of hydrogen-bond donors (Lipinski definition) is 0. The summed E-state index contributed by atoms with van der Waals surface area (Å²) >= 11 is 0. The zero-order chi connectivity index (χ0) is 21.5. The van der Waals surface area contributed by atoms with E-state index >= 15 is 0 Å². The van der Waals surface area contributed by atoms with Gasteiger partial charge in [0.2, 0.25) is 5.91 Å². The van der Waals surface area contributed by atoms with Crippen molar-refractivity contribution in [3.05, 3.63) is 60.2 Å². The highest BCUT2D eigenvalue weighted by atomic mass is 16.5. The summed E-state index contributed by atoms with van der Waals surface area (Å²) in [7, 11) is 0. The van der Waals surface area contributed by atoms with Crippen LogP contribution >= 0.6 is 0 Å². The molecule has 4 rings (SSSR count). The fourth-order valence-electron chi connectivity index (χ4n) is 4.41. The zero-order valence-corrected chi connectivity index (χ0v) is 18.0. The Labute approximate surface area is 184 Å². The summed E-state index contributed by atoms with van der Waals surface area (Å²) in [5, 5.41) is 0. The largest absolute Gasteiger partial charge is 0.492 e. The van der Waals surface area contributed by atoms with E-state index in [1.807, 2.05) is 59.5 Å². The van der Waals surface area contributed by atoms with Crippen LogP contribution in [-0.4, -0.2) is 74.4 Å². The third-order valence-corrected chi connectivity index (χ3v) is 6.34. The third kappa shape index (κ3) is 5.64. The van der Waals surface area contributed by atoms with Gasteiger partial charge in [0.05, 0.1) is 0 Å². The van der Waals surface area contributed by atoms with E-state index in [0.717, 1.165) is 76.4 Å². The summed E-state index contributed by atoms with van der Waals surface area (Å²) in [6, 6.07) is 17.6. The molecule has 2 aromatic rings. The Bertz CT molecular complexity index is 840. The quantitative estimate of drug-likeness (QED) is 0.644. The molecule has 0 bridgehead atoms. The van der Waals surface area contributed by atoms with E-state index in [1.165, 1.54) is 0 Å². The van der Waals surface area contributed by atoms with E-state index in [-0.39, 0.29) is 5.92 Å². The average Bonchev–Trinajstić information content (AvgIpc) is 2.85. The van der Waals surface area contributed by atoms with E-state index in [2.05, 4.69) is 9.80 Å². The molecule has 0 spiro atoms. The first-order chi connectivity index (χ1) is 15.2. The van der Waals surface area contributed by atoms with Crippen molar-refractivity contribution in [3.8, 4) is 5.75 Å². The van der Waals surface area contributed by atoms with Gasteiger partial charge in [-0.15, -0.1) is 0 Å². The van der Waals surface area contributed by atoms with Gasteiger partial charge >= 0.3 is 0 Å². The number of piperidine rings is 1. The standard InChI is InChI=1S/C25H31N3O3/c29-20-21-6-8-23(9-7-21)27-12-10-22(11-13-27)25(30)28-16-14-26(15-17-28)18-19-31-24-4-2-1-3-5-24/h1-9,20,22H,10-19H2. The summed E-state index contributed by atoms with van der Waals surface area (Å²) in [6.07, 6.45) is 2.64. The Kier molecular flexibility index (Phi) is 7.20. The molecule has 0 aliphatic carbocycles. The van der Waals surface area contributed by atoms with Crippen molar-refractivity contribution in [2.45, 2.75) is 12.8 Å². The minimum Gasteiger partial charge on any atom is -0.492 e. The predicted octanol–water partition coefficient (Wildman–Crippen LogP) is 2.94. The number of rotatable bonds is 7. The number of anilines is 1. The van der Waals surface area contributed by atoms with E-state index in [9.17, 15) is 9.59 Å². The van der Waals surface area contributed by atoms with Gasteiger partial charge in [0.25, 0.3) is 0 Å². The Morgan fingerprint density at radius 1 is 0.903 bits per heavy atom. The number of carbonyl (C=O) groups excluding carboxylic acids is 2. The van der Waals surface area contributed by atoms with Crippen LogP contribution in [0.5, 0.6) is 5.75 Å². The number of ether oxygens (including phenoxy) is 1. The van der Waals surface area contributed by atoms with Crippen molar-refractivity contribution in [3.63, 3.8) is 0 Å². The van der Waals surface area contributed by atoms with Crippen LogP contribution in [-0.2, 0) is 4.79 Å². The van der Waals surface area contributed by atoms with Crippen LogP contribution < -0.4 is 9.64 Å². The first kappa shape index (κ1) is 21.4. The molecule has 164 valence electrons. The van der Waals surface area contributed by atoms with E-state index in [4.69, 9.17) is 4.74 Å². The molecule has 0 unspecified atom stereocenters. The molecule has 2 aromatic carbocycles. The maximum absolute atomic E-state index is 13.0. The van der Waals surface area contributed by atoms with E-state index in [0.29, 0.717) is 18.1 Å². The van der Waals surface area contributed by atoms with Crippen molar-refractivity contribution < 1.29 is 14.3 Å². The second kappa shape index (κ2) is 10.4. The topological polar surface area (TPSA) is 53.1 Å². The number of carbonyl (C=O) groups is 2. The molecule has 2 saturated heterocycles. The van der Waals surface area contributed by atoms with Crippen molar-refractivity contribution in [2.75, 3.05) is 57.3 Å². The van der Waals surface area contributed by atoms with Gasteiger partial charge in [0.15, 0.2) is 0 Å². The van der Waals surface area contributed by atoms with Gasteiger partial charge in [-0.25, -0.2) is 0 Å². The summed E-state index contributed by atoms with van der Waals surface area (Å²) in [5.41, 5.74) is 1.82. The molecule has 31 heavy (non-hydrogen) atoms. The molecule has 2 aliphatic rings. The number of nitrogens with zero attached hydrogens (tertiary/aromatic N) is 3. The normalized spacial score (nSPS) is 18.1. The first-order valence-corrected chi connectivity index (χ1v) is 11.2. The molecule has 2 fully saturated rings. The predicted molar refractivity (Wildman–Crippen MR) is 122 cm³/mol. The number of benzene rings is 2. The minimum atomic E-state index is 0.124. The lowest BCUT2D eigenvalue weighted by molar-refractivity contribution is -0.138. The van der Waals surface area contributed by atoms with Crippen molar-refractivity contribution in [2.24, 2.45) is 5.92 Å². The number of hydrogen-bond acceptors (Lipinski definition) is 5. The van der Waals surface area contributed by atoms with Gasteiger partial charge in [-0.1, -0.05) is 18.2 Å². The molecule has 0 N–H and O–H groups in total. The first-order valence-electron chi connectivity index (χ1n) is 11.2. The highest BCUT2D eigenvalue weighted by Gasteiger charge is 2.30. The third-order valence-electron chi connectivity index (χ3n) is 6.34. The Morgan fingerprint density at radius 3 is 2.23 bits per heavy atom. The molecule has 1 amide bonds. The van der Waals surface area contributed by atoms with E-state index in [1.54, 1.807) is 0 Å². The average molecular weight is 422 g/mol. The van der Waals surface area contributed by atoms with Crippen molar-refractivity contribution >= 4 is 17.9 Å². The van der Waals surface area contributed by atoms with Crippen LogP contribution in [0.2, 0.25) is 0 Å². The highest BCUT2D eigenvalue weighted by Crippen LogP contribution is 2.25. The molecule has 6 nitrogen and oxygen atoms in total. The van der Waals surface area contributed by atoms with Gasteiger partial charge in [0.1, 0.15) is 18.6 Å². The number of piperazine rings is 1. The Morgan fingerprint density at radius 2 is 1.58 bits per heavy atom. The van der Waals surface area contributed by atoms with Crippen LogP contribution in [0.4, 0.5) is 5.69 Å². The molecule has 2 heterocycles. The summed E-state index contributed by atoms with van der Waals surface area (Å²) < 4.78 is 5.79. The Balaban J connectivity index is 1.17. The lowest BCUT2D eigenvalue weighted by Gasteiger charge is -2.39. The minimum absolute atomic E-state index is 0.124. The monoisotopic (exact) mass is 421 g/mol. The van der Waals surface area contributed by atoms with Gasteiger partial charge in [-0.2, -0.15) is 0 Å². The second-order valence-electron chi connectivity index (χ2n) is 8.30. The molecule has 0 radical (unpaired) electrons. The van der Waals surface area contributed by atoms with Crippen molar-refractivity contribution in [1.82, 2.24) is 9.80 Å². The fourth-order valence-corrected chi connectivity index (χ4v) is 4.41. The van der Waals surface area contributed by atoms with Crippen LogP contribution in [0.15, 0.2) is 54.6 Å². The fraction of sp³-hybridized carbons (Fsp3) is 0.440. The number of amides is 1. The smallest absolute Gasteiger partial charge is 0.225 e. The van der Waals surface area contributed by atoms with Gasteiger partial charge < -0.3 is 14.5 Å². The SMILES string of the molecule is O=Cc1ccc(N2CCC(C(=O)N3CCN(CCOc4ccccc4)CC3)CC2)cc1. The second-order valence-corrected chi connectivity index (χ2v) is 8.30. The molecule has 2 aliphatic heterocycles. The number of aldehydes is 1. The summed E-state index contributed by atoms with van der Waals surface area (Å²) in [5.74, 6) is 1.34. The van der Waals surface area contributed by atoms with Crippen LogP contribution in [0, 0.1) is 5.92 Å². The molecule has 6 heteroatoms. The zero-order valence-electron chi connectivity index (χ0n) is 18.0. The molecule has 0 atom stereocenters. The van der Waals surface area contributed by atoms with Gasteiger partial charge in [0, 0.05) is 63.0 Å². The molecular formula is C25H31N3O3. The highest BCUT2D eigenvalue weighted by molar-refractivity contribution is 5.79. The molecular weight excluding hydrogens is 390 g/mol. The lowest BCUT2D eigenvalue weighted by Crippen LogP contribution is -2.52. The lowest BCUT2D eigenvalue weighted by atomic mass is 9.94. The van der Waals surface area contributed by atoms with Crippen LogP contribution in [0.25, 0.3) is 0 Å². The summed E-state index contributed by atoms with van der Waals surface area (Å²) in [6.45, 7) is 6.75. The van der Waals surface area contributed by atoms with Crippen molar-refractivity contribution in [1.29, 1.82) is 0 Å². The maximum atomic E-state index is 13.0. The van der Waals surface area contributed by atoms with Crippen LogP contribution in [0.1, 0.15) is 23.2 Å². The number of para-hydroxylation sites is 1. The van der Waals surface area contributed by atoms with Gasteiger partial charge in [-0.05, 0) is 49.2 Å². The molecule has 0 aromatic heterocycles. The van der Waals surface area contributed by atoms with Crippen LogP contribution in [0.3, 0.4) is 0 Å². The molecule has 0 saturated carbocycles. The Hall–Kier alpha value is -2.86. The van der Waals surface area contributed by atoms with Gasteiger partial charge in [-0.3, -0.25) is 14.5 Å². The summed E-state index contributed by atoms with van der Waals surface area (Å²) in [4.78, 5) is 30.6. The maximum Gasteiger partial charge on any atom is 0.225 e. The van der Waals surface area contributed by atoms with E-state index < -0.39 is 0 Å².